The van der Waals surface area contributed by atoms with E-state index < -0.39 is 0 Å². The number of aromatic nitrogens is 1. The lowest BCUT2D eigenvalue weighted by Crippen LogP contribution is -2.26. The SMILES string of the molecule is Nc1cnc(Cl)cc1C(=O)NCCc1cccc(Cl)c1. The Hall–Kier alpha value is -1.78. The maximum atomic E-state index is 12.0. The number of hydrogen-bond donors (Lipinski definition) is 2. The number of nitrogens with one attached hydrogen (secondary N) is 1. The molecule has 1 heterocycles. The van der Waals surface area contributed by atoms with E-state index >= 15 is 0 Å². The summed E-state index contributed by atoms with van der Waals surface area (Å²) in [4.78, 5) is 15.8. The zero-order valence-electron chi connectivity index (χ0n) is 10.6. The van der Waals surface area contributed by atoms with Crippen molar-refractivity contribution in [3.05, 3.63) is 57.8 Å². The second-order valence-corrected chi connectivity index (χ2v) is 5.05. The number of nitrogen functional groups attached to an aromatic ring is 1. The number of rotatable bonds is 4. The van der Waals surface area contributed by atoms with Crippen LogP contribution in [0.4, 0.5) is 5.69 Å². The van der Waals surface area contributed by atoms with Gasteiger partial charge in [0.1, 0.15) is 5.15 Å². The summed E-state index contributed by atoms with van der Waals surface area (Å²) in [7, 11) is 0. The smallest absolute Gasteiger partial charge is 0.253 e. The molecule has 0 aliphatic heterocycles. The Morgan fingerprint density at radius 2 is 2.10 bits per heavy atom. The van der Waals surface area contributed by atoms with Gasteiger partial charge in [0.2, 0.25) is 0 Å². The highest BCUT2D eigenvalue weighted by atomic mass is 35.5. The molecule has 0 saturated carbocycles. The van der Waals surface area contributed by atoms with Crippen molar-refractivity contribution in [3.63, 3.8) is 0 Å². The second-order valence-electron chi connectivity index (χ2n) is 4.23. The van der Waals surface area contributed by atoms with E-state index in [2.05, 4.69) is 10.3 Å². The minimum Gasteiger partial charge on any atom is -0.397 e. The molecule has 0 unspecified atom stereocenters. The highest BCUT2D eigenvalue weighted by Gasteiger charge is 2.10. The van der Waals surface area contributed by atoms with Gasteiger partial charge in [-0.3, -0.25) is 4.79 Å². The molecule has 104 valence electrons. The average molecular weight is 310 g/mol. The summed E-state index contributed by atoms with van der Waals surface area (Å²) in [6.45, 7) is 0.485. The number of nitrogens with two attached hydrogens (primary N) is 1. The van der Waals surface area contributed by atoms with Crippen LogP contribution in [-0.2, 0) is 6.42 Å². The average Bonchev–Trinajstić information content (AvgIpc) is 2.41. The Morgan fingerprint density at radius 1 is 1.30 bits per heavy atom. The fraction of sp³-hybridized carbons (Fsp3) is 0.143. The standard InChI is InChI=1S/C14H13Cl2N3O/c15-10-3-1-2-9(6-10)4-5-18-14(20)11-7-13(16)19-8-12(11)17/h1-3,6-8H,4-5,17H2,(H,18,20). The van der Waals surface area contributed by atoms with Gasteiger partial charge in [0.15, 0.2) is 0 Å². The molecule has 4 nitrogen and oxygen atoms in total. The van der Waals surface area contributed by atoms with E-state index in [-0.39, 0.29) is 11.1 Å². The van der Waals surface area contributed by atoms with Crippen molar-refractivity contribution in [2.75, 3.05) is 12.3 Å². The van der Waals surface area contributed by atoms with Crippen LogP contribution in [-0.4, -0.2) is 17.4 Å². The van der Waals surface area contributed by atoms with Crippen LogP contribution in [0.5, 0.6) is 0 Å². The Balaban J connectivity index is 1.94. The first kappa shape index (κ1) is 14.6. The van der Waals surface area contributed by atoms with Crippen LogP contribution in [0.2, 0.25) is 10.2 Å². The second kappa shape index (κ2) is 6.59. The topological polar surface area (TPSA) is 68.0 Å². The molecule has 2 rings (SSSR count). The van der Waals surface area contributed by atoms with Crippen molar-refractivity contribution < 1.29 is 4.79 Å². The number of benzene rings is 1. The lowest BCUT2D eigenvalue weighted by molar-refractivity contribution is 0.0955. The first-order chi connectivity index (χ1) is 9.56. The van der Waals surface area contributed by atoms with E-state index in [1.165, 1.54) is 12.3 Å². The lowest BCUT2D eigenvalue weighted by atomic mass is 10.1. The van der Waals surface area contributed by atoms with E-state index in [9.17, 15) is 4.79 Å². The molecule has 6 heteroatoms. The van der Waals surface area contributed by atoms with Crippen molar-refractivity contribution in [2.24, 2.45) is 0 Å². The molecule has 3 N–H and O–H groups in total. The Labute approximate surface area is 126 Å². The maximum Gasteiger partial charge on any atom is 0.253 e. The van der Waals surface area contributed by atoms with Gasteiger partial charge in [-0.1, -0.05) is 35.3 Å². The summed E-state index contributed by atoms with van der Waals surface area (Å²) < 4.78 is 0. The lowest BCUT2D eigenvalue weighted by Gasteiger charge is -2.08. The minimum absolute atomic E-state index is 0.235. The molecule has 0 aliphatic carbocycles. The zero-order chi connectivity index (χ0) is 14.5. The van der Waals surface area contributed by atoms with Gasteiger partial charge < -0.3 is 11.1 Å². The van der Waals surface area contributed by atoms with Gasteiger partial charge in [0.25, 0.3) is 5.91 Å². The first-order valence-electron chi connectivity index (χ1n) is 6.00. The van der Waals surface area contributed by atoms with E-state index in [0.29, 0.717) is 29.2 Å². The van der Waals surface area contributed by atoms with Crippen LogP contribution in [0, 0.1) is 0 Å². The fourth-order valence-corrected chi connectivity index (χ4v) is 2.12. The predicted octanol–water partition coefficient (Wildman–Crippen LogP) is 2.94. The largest absolute Gasteiger partial charge is 0.397 e. The van der Waals surface area contributed by atoms with Crippen LogP contribution < -0.4 is 11.1 Å². The van der Waals surface area contributed by atoms with Crippen LogP contribution in [0.1, 0.15) is 15.9 Å². The Morgan fingerprint density at radius 3 is 2.85 bits per heavy atom. The molecule has 0 aliphatic rings. The molecule has 0 bridgehead atoms. The third-order valence-electron chi connectivity index (χ3n) is 2.73. The van der Waals surface area contributed by atoms with Crippen molar-refractivity contribution in [1.82, 2.24) is 10.3 Å². The number of halogens is 2. The van der Waals surface area contributed by atoms with Crippen molar-refractivity contribution in [1.29, 1.82) is 0 Å². The molecule has 0 fully saturated rings. The molecular formula is C14H13Cl2N3O. The Kier molecular flexibility index (Phi) is 4.82. The molecule has 20 heavy (non-hydrogen) atoms. The van der Waals surface area contributed by atoms with E-state index in [1.807, 2.05) is 24.3 Å². The van der Waals surface area contributed by atoms with Gasteiger partial charge in [-0.2, -0.15) is 0 Å². The minimum atomic E-state index is -0.270. The van der Waals surface area contributed by atoms with Crippen molar-refractivity contribution >= 4 is 34.8 Å². The molecule has 1 aromatic carbocycles. The molecule has 2 aromatic rings. The highest BCUT2D eigenvalue weighted by Crippen LogP contribution is 2.15. The third kappa shape index (κ3) is 3.85. The summed E-state index contributed by atoms with van der Waals surface area (Å²) in [5.74, 6) is -0.270. The monoisotopic (exact) mass is 309 g/mol. The van der Waals surface area contributed by atoms with Crippen LogP contribution in [0.25, 0.3) is 0 Å². The number of hydrogen-bond acceptors (Lipinski definition) is 3. The van der Waals surface area contributed by atoms with Crippen molar-refractivity contribution in [3.8, 4) is 0 Å². The summed E-state index contributed by atoms with van der Waals surface area (Å²) in [6, 6.07) is 8.95. The maximum absolute atomic E-state index is 12.0. The number of carbonyl (C=O) groups is 1. The number of carbonyl (C=O) groups excluding carboxylic acids is 1. The third-order valence-corrected chi connectivity index (χ3v) is 3.18. The van der Waals surface area contributed by atoms with Gasteiger partial charge in [-0.15, -0.1) is 0 Å². The summed E-state index contributed by atoms with van der Waals surface area (Å²) >= 11 is 11.6. The number of nitrogens with zero attached hydrogens (tertiary/aromatic N) is 1. The number of anilines is 1. The summed E-state index contributed by atoms with van der Waals surface area (Å²) in [6.07, 6.45) is 2.05. The quantitative estimate of drug-likeness (QED) is 0.853. The summed E-state index contributed by atoms with van der Waals surface area (Å²) in [5, 5.41) is 3.70. The van der Waals surface area contributed by atoms with Crippen LogP contribution in [0.15, 0.2) is 36.5 Å². The number of pyridine rings is 1. The zero-order valence-corrected chi connectivity index (χ0v) is 12.1. The van der Waals surface area contributed by atoms with Crippen molar-refractivity contribution in [2.45, 2.75) is 6.42 Å². The normalized spacial score (nSPS) is 10.3. The van der Waals surface area contributed by atoms with Gasteiger partial charge >= 0.3 is 0 Å². The van der Waals surface area contributed by atoms with Crippen LogP contribution >= 0.6 is 23.2 Å². The van der Waals surface area contributed by atoms with Crippen LogP contribution in [0.3, 0.4) is 0 Å². The van der Waals surface area contributed by atoms with Gasteiger partial charge in [0, 0.05) is 11.6 Å². The molecular weight excluding hydrogens is 297 g/mol. The van der Waals surface area contributed by atoms with E-state index in [0.717, 1.165) is 5.56 Å². The highest BCUT2D eigenvalue weighted by molar-refractivity contribution is 6.30. The van der Waals surface area contributed by atoms with E-state index in [1.54, 1.807) is 0 Å². The van der Waals surface area contributed by atoms with Gasteiger partial charge in [-0.25, -0.2) is 4.98 Å². The van der Waals surface area contributed by atoms with Gasteiger partial charge in [0.05, 0.1) is 17.4 Å². The molecule has 0 saturated heterocycles. The fourth-order valence-electron chi connectivity index (χ4n) is 1.75. The van der Waals surface area contributed by atoms with Gasteiger partial charge in [-0.05, 0) is 30.2 Å². The molecule has 1 amide bonds. The van der Waals surface area contributed by atoms with E-state index in [4.69, 9.17) is 28.9 Å². The first-order valence-corrected chi connectivity index (χ1v) is 6.75. The predicted molar refractivity (Wildman–Crippen MR) is 81.1 cm³/mol. The Bertz CT molecular complexity index is 632. The molecule has 0 atom stereocenters. The summed E-state index contributed by atoms with van der Waals surface area (Å²) in [5.41, 5.74) is 7.38. The number of amides is 1. The molecule has 1 aromatic heterocycles. The molecule has 0 spiro atoms. The molecule has 0 radical (unpaired) electrons.